The van der Waals surface area contributed by atoms with Crippen LogP contribution in [-0.2, 0) is 14.4 Å². The molecule has 0 aromatic heterocycles. The molecule has 7 atom stereocenters. The van der Waals surface area contributed by atoms with Crippen LogP contribution in [0, 0.1) is 35.5 Å². The fraction of sp³-hybridized carbons (Fsp3) is 0.706. The summed E-state index contributed by atoms with van der Waals surface area (Å²) < 4.78 is 0. The topological polar surface area (TPSA) is 74.7 Å². The maximum absolute atomic E-state index is 12.8. The number of allylic oxidation sites excluding steroid dienone is 2. The van der Waals surface area contributed by atoms with Gasteiger partial charge in [0.25, 0.3) is 0 Å². The zero-order valence-corrected chi connectivity index (χ0v) is 12.6. The Morgan fingerprint density at radius 3 is 2.23 bits per heavy atom. The van der Waals surface area contributed by atoms with Crippen molar-refractivity contribution in [3.8, 4) is 0 Å². The van der Waals surface area contributed by atoms with Crippen LogP contribution in [0.5, 0.6) is 0 Å². The first kappa shape index (κ1) is 14.0. The van der Waals surface area contributed by atoms with Gasteiger partial charge in [-0.2, -0.15) is 0 Å². The van der Waals surface area contributed by atoms with Crippen molar-refractivity contribution in [1.82, 2.24) is 4.90 Å². The van der Waals surface area contributed by atoms with E-state index in [0.29, 0.717) is 24.7 Å². The molecule has 1 saturated heterocycles. The van der Waals surface area contributed by atoms with Crippen LogP contribution in [0.1, 0.15) is 32.6 Å². The molecule has 1 heterocycles. The molecule has 118 valence electrons. The molecular weight excluding hydrogens is 282 g/mol. The molecule has 22 heavy (non-hydrogen) atoms. The van der Waals surface area contributed by atoms with Crippen molar-refractivity contribution in [3.63, 3.8) is 0 Å². The lowest BCUT2D eigenvalue weighted by Crippen LogP contribution is -2.45. The van der Waals surface area contributed by atoms with E-state index in [1.165, 1.54) is 0 Å². The van der Waals surface area contributed by atoms with Crippen LogP contribution in [0.2, 0.25) is 0 Å². The normalized spacial score (nSPS) is 42.3. The molecule has 3 fully saturated rings. The Balaban J connectivity index is 1.65. The third-order valence-electron chi connectivity index (χ3n) is 6.12. The lowest BCUT2D eigenvalue weighted by Gasteiger charge is -2.37. The van der Waals surface area contributed by atoms with E-state index in [2.05, 4.69) is 12.2 Å². The Morgan fingerprint density at radius 2 is 1.77 bits per heavy atom. The van der Waals surface area contributed by atoms with Crippen molar-refractivity contribution < 1.29 is 19.5 Å². The summed E-state index contributed by atoms with van der Waals surface area (Å²) in [5.74, 6) is -0.710. The fourth-order valence-corrected chi connectivity index (χ4v) is 5.05. The second-order valence-corrected chi connectivity index (χ2v) is 7.20. The molecule has 0 aromatic rings. The Labute approximate surface area is 129 Å². The van der Waals surface area contributed by atoms with Gasteiger partial charge in [0.05, 0.1) is 11.8 Å². The van der Waals surface area contributed by atoms with Crippen molar-refractivity contribution in [1.29, 1.82) is 0 Å². The molecule has 0 aromatic carbocycles. The van der Waals surface area contributed by atoms with Crippen molar-refractivity contribution >= 4 is 17.8 Å². The van der Waals surface area contributed by atoms with Crippen molar-refractivity contribution in [2.24, 2.45) is 35.5 Å². The highest BCUT2D eigenvalue weighted by molar-refractivity contribution is 6.08. The largest absolute Gasteiger partial charge is 0.480 e. The number of aliphatic carboxylic acids is 1. The van der Waals surface area contributed by atoms with Gasteiger partial charge in [-0.05, 0) is 36.5 Å². The molecule has 0 spiro atoms. The minimum absolute atomic E-state index is 0.155. The minimum Gasteiger partial charge on any atom is -0.480 e. The lowest BCUT2D eigenvalue weighted by atomic mass is 9.63. The predicted octanol–water partition coefficient (Wildman–Crippen LogP) is 1.68. The molecule has 1 N–H and O–H groups in total. The van der Waals surface area contributed by atoms with Gasteiger partial charge in [0.2, 0.25) is 11.8 Å². The summed E-state index contributed by atoms with van der Waals surface area (Å²) in [6.07, 6.45) is 7.25. The van der Waals surface area contributed by atoms with E-state index in [9.17, 15) is 19.5 Å². The minimum atomic E-state index is -1.06. The Hall–Kier alpha value is -1.65. The summed E-state index contributed by atoms with van der Waals surface area (Å²) in [5, 5.41) is 9.48. The summed E-state index contributed by atoms with van der Waals surface area (Å²) in [6.45, 7) is 1.98. The van der Waals surface area contributed by atoms with E-state index in [4.69, 9.17) is 0 Å². The average molecular weight is 303 g/mol. The number of imide groups is 1. The number of hydrogen-bond donors (Lipinski definition) is 1. The third-order valence-corrected chi connectivity index (χ3v) is 6.12. The van der Waals surface area contributed by atoms with Gasteiger partial charge in [0, 0.05) is 0 Å². The third kappa shape index (κ3) is 1.68. The smallest absolute Gasteiger partial charge is 0.326 e. The fourth-order valence-electron chi connectivity index (χ4n) is 5.05. The number of carboxylic acids is 1. The Morgan fingerprint density at radius 1 is 1.23 bits per heavy atom. The maximum Gasteiger partial charge on any atom is 0.326 e. The summed E-state index contributed by atoms with van der Waals surface area (Å²) in [5.41, 5.74) is 0. The standard InChI is InChI=1S/C17H21NO4/c1-2-3-4-12(17(21)22)18-15(19)13-8-5-6-9(11-7-10(8)11)14(13)16(18)20/h5-6,8-14H,2-4,7H2,1H3,(H,21,22)/t8-,9-,10-,11+,12+,13+,14+/m1/s1. The highest BCUT2D eigenvalue weighted by atomic mass is 16.4. The average Bonchev–Trinajstić information content (AvgIpc) is 3.27. The van der Waals surface area contributed by atoms with Crippen molar-refractivity contribution in [2.75, 3.05) is 0 Å². The van der Waals surface area contributed by atoms with Gasteiger partial charge in [-0.1, -0.05) is 31.9 Å². The van der Waals surface area contributed by atoms with E-state index in [1.807, 2.05) is 6.92 Å². The van der Waals surface area contributed by atoms with Crippen LogP contribution in [0.15, 0.2) is 12.2 Å². The SMILES string of the molecule is CCCC[C@@H](C(=O)O)N1C(=O)[C@H]2[C@@H]3C=C[C@H]([C@@H]4C[C@H]34)[C@@H]2C1=O. The molecule has 5 aliphatic rings. The highest BCUT2D eigenvalue weighted by Gasteiger charge is 2.67. The number of amides is 2. The van der Waals surface area contributed by atoms with Gasteiger partial charge in [0.1, 0.15) is 6.04 Å². The van der Waals surface area contributed by atoms with Gasteiger partial charge < -0.3 is 5.11 Å². The highest BCUT2D eigenvalue weighted by Crippen LogP contribution is 2.65. The molecule has 2 saturated carbocycles. The van der Waals surface area contributed by atoms with Crippen molar-refractivity contribution in [2.45, 2.75) is 38.6 Å². The van der Waals surface area contributed by atoms with Crippen molar-refractivity contribution in [3.05, 3.63) is 12.2 Å². The predicted molar refractivity (Wildman–Crippen MR) is 77.5 cm³/mol. The zero-order chi connectivity index (χ0) is 15.6. The number of carbonyl (C=O) groups is 3. The van der Waals surface area contributed by atoms with E-state index in [0.717, 1.165) is 17.7 Å². The van der Waals surface area contributed by atoms with Gasteiger partial charge in [-0.25, -0.2) is 4.79 Å². The second-order valence-electron chi connectivity index (χ2n) is 7.20. The number of carboxylic acid groups (broad SMARTS) is 1. The van der Waals surface area contributed by atoms with E-state index in [1.54, 1.807) is 0 Å². The molecule has 0 unspecified atom stereocenters. The van der Waals surface area contributed by atoms with Crippen LogP contribution >= 0.6 is 0 Å². The first-order chi connectivity index (χ1) is 10.6. The van der Waals surface area contributed by atoms with E-state index in [-0.39, 0.29) is 35.5 Å². The number of unbranched alkanes of at least 4 members (excludes halogenated alkanes) is 1. The monoisotopic (exact) mass is 303 g/mol. The van der Waals surface area contributed by atoms with Gasteiger partial charge in [-0.3, -0.25) is 14.5 Å². The molecule has 5 rings (SSSR count). The number of nitrogens with zero attached hydrogens (tertiary/aromatic N) is 1. The molecule has 4 aliphatic carbocycles. The number of hydrogen-bond acceptors (Lipinski definition) is 3. The van der Waals surface area contributed by atoms with Crippen LogP contribution in [-0.4, -0.2) is 33.8 Å². The van der Waals surface area contributed by atoms with Crippen LogP contribution in [0.3, 0.4) is 0 Å². The van der Waals surface area contributed by atoms with Crippen LogP contribution in [0.25, 0.3) is 0 Å². The molecule has 5 nitrogen and oxygen atoms in total. The molecule has 2 amide bonds. The van der Waals surface area contributed by atoms with Gasteiger partial charge in [-0.15, -0.1) is 0 Å². The number of carbonyl (C=O) groups excluding carboxylic acids is 2. The van der Waals surface area contributed by atoms with E-state index >= 15 is 0 Å². The zero-order valence-electron chi connectivity index (χ0n) is 12.6. The molecule has 2 bridgehead atoms. The summed E-state index contributed by atoms with van der Waals surface area (Å²) >= 11 is 0. The molecule has 1 aliphatic heterocycles. The summed E-state index contributed by atoms with van der Waals surface area (Å²) in [7, 11) is 0. The first-order valence-corrected chi connectivity index (χ1v) is 8.34. The quantitative estimate of drug-likeness (QED) is 0.619. The van der Waals surface area contributed by atoms with Gasteiger partial charge >= 0.3 is 5.97 Å². The summed E-state index contributed by atoms with van der Waals surface area (Å²) in [6, 6.07) is -0.985. The maximum atomic E-state index is 12.8. The number of likely N-dealkylation sites (tertiary alicyclic amines) is 1. The molecule has 0 radical (unpaired) electrons. The lowest BCUT2D eigenvalue weighted by molar-refractivity contribution is -0.155. The van der Waals surface area contributed by atoms with E-state index < -0.39 is 12.0 Å². The number of rotatable bonds is 5. The first-order valence-electron chi connectivity index (χ1n) is 8.34. The van der Waals surface area contributed by atoms with Gasteiger partial charge in [0.15, 0.2) is 0 Å². The van der Waals surface area contributed by atoms with Crippen LogP contribution in [0.4, 0.5) is 0 Å². The Bertz CT molecular complexity index is 547. The molecule has 5 heteroatoms. The Kier molecular flexibility index (Phi) is 2.97. The summed E-state index contributed by atoms with van der Waals surface area (Å²) in [4.78, 5) is 38.3. The second kappa shape index (κ2) is 4.67. The van der Waals surface area contributed by atoms with Crippen LogP contribution < -0.4 is 0 Å². The molecular formula is C17H21NO4.